The molecular weight excluding hydrogens is 318 g/mol. The molecule has 1 aromatic carbocycles. The minimum absolute atomic E-state index is 0.108. The lowest BCUT2D eigenvalue weighted by Gasteiger charge is -2.34. The number of anilines is 4. The van der Waals surface area contributed by atoms with Crippen molar-refractivity contribution in [3.8, 4) is 0 Å². The van der Waals surface area contributed by atoms with E-state index in [1.807, 2.05) is 24.3 Å². The van der Waals surface area contributed by atoms with E-state index in [2.05, 4.69) is 42.5 Å². The van der Waals surface area contributed by atoms with E-state index in [0.29, 0.717) is 5.95 Å². The number of hydrogen-bond acceptors (Lipinski definition) is 7. The number of benzene rings is 1. The molecule has 0 unspecified atom stereocenters. The van der Waals surface area contributed by atoms with Gasteiger partial charge in [-0.1, -0.05) is 13.0 Å². The number of aromatic nitrogens is 3. The molecule has 1 amide bonds. The Morgan fingerprint density at radius 1 is 1.20 bits per heavy atom. The van der Waals surface area contributed by atoms with Gasteiger partial charge in [-0.25, -0.2) is 0 Å². The van der Waals surface area contributed by atoms with Crippen LogP contribution in [0.5, 0.6) is 0 Å². The largest absolute Gasteiger partial charge is 0.353 e. The fraction of sp³-hybridized carbons (Fsp3) is 0.412. The molecule has 0 spiro atoms. The second-order valence-electron chi connectivity index (χ2n) is 5.95. The van der Waals surface area contributed by atoms with Crippen LogP contribution in [0.1, 0.15) is 13.8 Å². The number of carbonyl (C=O) groups is 1. The quantitative estimate of drug-likeness (QED) is 0.856. The first-order valence-corrected chi connectivity index (χ1v) is 8.46. The van der Waals surface area contributed by atoms with Crippen LogP contribution in [0.4, 0.5) is 23.1 Å². The van der Waals surface area contributed by atoms with Crippen molar-refractivity contribution in [2.24, 2.45) is 0 Å². The van der Waals surface area contributed by atoms with Crippen LogP contribution in [0.15, 0.2) is 30.5 Å². The van der Waals surface area contributed by atoms with Gasteiger partial charge in [0.25, 0.3) is 0 Å². The van der Waals surface area contributed by atoms with Gasteiger partial charge < -0.3 is 20.4 Å². The summed E-state index contributed by atoms with van der Waals surface area (Å²) in [6.07, 6.45) is 1.69. The van der Waals surface area contributed by atoms with E-state index in [0.717, 1.165) is 49.9 Å². The molecule has 1 aromatic heterocycles. The number of likely N-dealkylation sites (N-methyl/N-ethyl adjacent to an activating group) is 1. The van der Waals surface area contributed by atoms with Gasteiger partial charge >= 0.3 is 0 Å². The number of nitrogens with zero attached hydrogens (tertiary/aromatic N) is 5. The lowest BCUT2D eigenvalue weighted by molar-refractivity contribution is -0.114. The van der Waals surface area contributed by atoms with Crippen molar-refractivity contribution in [3.05, 3.63) is 30.5 Å². The Balaban J connectivity index is 1.69. The molecule has 1 aliphatic rings. The lowest BCUT2D eigenvalue weighted by atomic mass is 10.3. The Morgan fingerprint density at radius 3 is 2.68 bits per heavy atom. The number of carbonyl (C=O) groups excluding carboxylic acids is 1. The molecule has 3 rings (SSSR count). The summed E-state index contributed by atoms with van der Waals surface area (Å²) in [5, 5.41) is 14.0. The van der Waals surface area contributed by atoms with Crippen molar-refractivity contribution in [1.82, 2.24) is 20.1 Å². The number of hydrogen-bond donors (Lipinski definition) is 2. The van der Waals surface area contributed by atoms with Crippen molar-refractivity contribution in [2.75, 3.05) is 48.3 Å². The maximum absolute atomic E-state index is 11.2. The summed E-state index contributed by atoms with van der Waals surface area (Å²) >= 11 is 0. The molecule has 0 aliphatic carbocycles. The molecule has 2 heterocycles. The lowest BCUT2D eigenvalue weighted by Crippen LogP contribution is -2.46. The smallest absolute Gasteiger partial charge is 0.249 e. The van der Waals surface area contributed by atoms with Gasteiger partial charge in [0.2, 0.25) is 11.9 Å². The highest BCUT2D eigenvalue weighted by Gasteiger charge is 2.17. The van der Waals surface area contributed by atoms with Gasteiger partial charge in [-0.15, -0.1) is 5.10 Å². The summed E-state index contributed by atoms with van der Waals surface area (Å²) in [5.41, 5.74) is 1.51. The number of rotatable bonds is 5. The molecule has 2 N–H and O–H groups in total. The Hall–Kier alpha value is -2.74. The van der Waals surface area contributed by atoms with Crippen LogP contribution in [-0.4, -0.2) is 58.7 Å². The zero-order valence-corrected chi connectivity index (χ0v) is 14.6. The number of nitrogens with one attached hydrogen (secondary N) is 2. The van der Waals surface area contributed by atoms with Crippen molar-refractivity contribution < 1.29 is 4.79 Å². The maximum atomic E-state index is 11.2. The normalized spacial score (nSPS) is 15.0. The number of amides is 1. The highest BCUT2D eigenvalue weighted by Crippen LogP contribution is 2.19. The predicted octanol–water partition coefficient (Wildman–Crippen LogP) is 1.72. The SMILES string of the molecule is CCN1CCN(c2cnnc(Nc3cccc(NC(C)=O)c3)n2)CC1. The van der Waals surface area contributed by atoms with Crippen LogP contribution in [0.3, 0.4) is 0 Å². The first-order chi connectivity index (χ1) is 12.1. The Morgan fingerprint density at radius 2 is 1.96 bits per heavy atom. The Labute approximate surface area is 147 Å². The highest BCUT2D eigenvalue weighted by atomic mass is 16.1. The van der Waals surface area contributed by atoms with Gasteiger partial charge in [0.05, 0.1) is 6.20 Å². The van der Waals surface area contributed by atoms with Crippen LogP contribution in [-0.2, 0) is 4.79 Å². The fourth-order valence-corrected chi connectivity index (χ4v) is 2.80. The molecule has 1 aliphatic heterocycles. The van der Waals surface area contributed by atoms with E-state index >= 15 is 0 Å². The summed E-state index contributed by atoms with van der Waals surface area (Å²) in [4.78, 5) is 20.4. The van der Waals surface area contributed by atoms with Crippen LogP contribution in [0.25, 0.3) is 0 Å². The van der Waals surface area contributed by atoms with Crippen LogP contribution < -0.4 is 15.5 Å². The predicted molar refractivity (Wildman–Crippen MR) is 98.2 cm³/mol. The van der Waals surface area contributed by atoms with E-state index in [1.165, 1.54) is 6.92 Å². The third kappa shape index (κ3) is 4.63. The minimum atomic E-state index is -0.108. The van der Waals surface area contributed by atoms with Gasteiger partial charge in [-0.05, 0) is 24.7 Å². The highest BCUT2D eigenvalue weighted by molar-refractivity contribution is 5.89. The Kier molecular flexibility index (Phi) is 5.39. The van der Waals surface area contributed by atoms with Crippen molar-refractivity contribution >= 4 is 29.0 Å². The third-order valence-corrected chi connectivity index (χ3v) is 4.13. The summed E-state index contributed by atoms with van der Waals surface area (Å²) in [7, 11) is 0. The molecule has 0 bridgehead atoms. The molecule has 1 fully saturated rings. The average Bonchev–Trinajstić information content (AvgIpc) is 2.62. The molecule has 25 heavy (non-hydrogen) atoms. The zero-order valence-electron chi connectivity index (χ0n) is 14.6. The summed E-state index contributed by atoms with van der Waals surface area (Å²) < 4.78 is 0. The van der Waals surface area contributed by atoms with Crippen molar-refractivity contribution in [1.29, 1.82) is 0 Å². The second kappa shape index (κ2) is 7.89. The van der Waals surface area contributed by atoms with E-state index in [-0.39, 0.29) is 5.91 Å². The molecule has 8 heteroatoms. The van der Waals surface area contributed by atoms with Gasteiger partial charge in [0, 0.05) is 44.5 Å². The summed E-state index contributed by atoms with van der Waals surface area (Å²) in [6, 6.07) is 7.41. The molecule has 0 saturated carbocycles. The van der Waals surface area contributed by atoms with E-state index in [9.17, 15) is 4.79 Å². The van der Waals surface area contributed by atoms with E-state index < -0.39 is 0 Å². The van der Waals surface area contributed by atoms with E-state index in [4.69, 9.17) is 0 Å². The standard InChI is InChI=1S/C17H23N7O/c1-3-23-7-9-24(10-8-23)16-12-18-22-17(21-16)20-15-6-4-5-14(11-15)19-13(2)25/h4-6,11-12H,3,7-10H2,1-2H3,(H,19,25)(H,20,21,22). The first-order valence-electron chi connectivity index (χ1n) is 8.46. The van der Waals surface area contributed by atoms with Gasteiger partial charge in [0.1, 0.15) is 0 Å². The zero-order chi connectivity index (χ0) is 17.6. The molecule has 1 saturated heterocycles. The van der Waals surface area contributed by atoms with Crippen LogP contribution >= 0.6 is 0 Å². The second-order valence-corrected chi connectivity index (χ2v) is 5.95. The number of piperazine rings is 1. The first kappa shape index (κ1) is 17.1. The molecular formula is C17H23N7O. The van der Waals surface area contributed by atoms with Crippen molar-refractivity contribution in [3.63, 3.8) is 0 Å². The third-order valence-electron chi connectivity index (χ3n) is 4.13. The summed E-state index contributed by atoms with van der Waals surface area (Å²) in [6.45, 7) is 8.67. The molecule has 0 radical (unpaired) electrons. The van der Waals surface area contributed by atoms with E-state index in [1.54, 1.807) is 6.20 Å². The molecule has 0 atom stereocenters. The van der Waals surface area contributed by atoms with Gasteiger partial charge in [-0.3, -0.25) is 4.79 Å². The van der Waals surface area contributed by atoms with Gasteiger partial charge in [0.15, 0.2) is 5.82 Å². The maximum Gasteiger partial charge on any atom is 0.249 e. The Bertz CT molecular complexity index is 728. The van der Waals surface area contributed by atoms with Crippen LogP contribution in [0.2, 0.25) is 0 Å². The fourth-order valence-electron chi connectivity index (χ4n) is 2.80. The van der Waals surface area contributed by atoms with Crippen LogP contribution in [0, 0.1) is 0 Å². The van der Waals surface area contributed by atoms with Crippen molar-refractivity contribution in [2.45, 2.75) is 13.8 Å². The van der Waals surface area contributed by atoms with Gasteiger partial charge in [-0.2, -0.15) is 10.1 Å². The molecule has 132 valence electrons. The topological polar surface area (TPSA) is 86.3 Å². The minimum Gasteiger partial charge on any atom is -0.353 e. The monoisotopic (exact) mass is 341 g/mol. The molecule has 8 nitrogen and oxygen atoms in total. The average molecular weight is 341 g/mol. The molecule has 2 aromatic rings. The summed E-state index contributed by atoms with van der Waals surface area (Å²) in [5.74, 6) is 1.16.